The minimum absolute atomic E-state index is 1.23. The highest BCUT2D eigenvalue weighted by molar-refractivity contribution is 7.19. The van der Waals surface area contributed by atoms with Crippen LogP contribution in [0.1, 0.15) is 31.1 Å². The molecule has 1 nitrogen and oxygen atoms in total. The summed E-state index contributed by atoms with van der Waals surface area (Å²) in [5.41, 5.74) is 0. The quantitative estimate of drug-likeness (QED) is 0.687. The number of rotatable bonds is 4. The maximum atomic E-state index is 4.13. The van der Waals surface area contributed by atoms with E-state index in [1.807, 2.05) is 23.7 Å². The Morgan fingerprint density at radius 3 is 3.07 bits per heavy atom. The van der Waals surface area contributed by atoms with Gasteiger partial charge in [0, 0.05) is 27.4 Å². The van der Waals surface area contributed by atoms with Gasteiger partial charge in [-0.1, -0.05) is 19.8 Å². The minimum atomic E-state index is 1.23. The monoisotopic (exact) mass is 205 g/mol. The molecule has 0 saturated heterocycles. The number of unbranched alkanes of at least 4 members (excludes halogenated alkanes) is 2. The van der Waals surface area contributed by atoms with Gasteiger partial charge in [-0.15, -0.1) is 11.3 Å². The lowest BCUT2D eigenvalue weighted by atomic mass is 10.2. The van der Waals surface area contributed by atoms with Crippen molar-refractivity contribution in [1.29, 1.82) is 0 Å². The van der Waals surface area contributed by atoms with Crippen molar-refractivity contribution in [2.24, 2.45) is 0 Å². The van der Waals surface area contributed by atoms with Gasteiger partial charge >= 0.3 is 0 Å². The second kappa shape index (κ2) is 4.56. The van der Waals surface area contributed by atoms with Crippen molar-refractivity contribution in [1.82, 2.24) is 4.98 Å². The highest BCUT2D eigenvalue weighted by Gasteiger charge is 2.00. The summed E-state index contributed by atoms with van der Waals surface area (Å²) in [5, 5.41) is 1.30. The van der Waals surface area contributed by atoms with E-state index in [1.54, 1.807) is 0 Å². The lowest BCUT2D eigenvalue weighted by Gasteiger charge is -1.93. The van der Waals surface area contributed by atoms with Gasteiger partial charge in [-0.3, -0.25) is 4.98 Å². The van der Waals surface area contributed by atoms with E-state index in [-0.39, 0.29) is 0 Å². The Balaban J connectivity index is 2.11. The van der Waals surface area contributed by atoms with Gasteiger partial charge in [0.25, 0.3) is 0 Å². The Bertz CT molecular complexity index is 372. The number of aryl methyl sites for hydroxylation is 1. The first-order valence-electron chi connectivity index (χ1n) is 5.22. The molecule has 0 N–H and O–H groups in total. The maximum Gasteiger partial charge on any atom is 0.0376 e. The van der Waals surface area contributed by atoms with E-state index in [0.29, 0.717) is 0 Å². The molecule has 0 aliphatic heterocycles. The summed E-state index contributed by atoms with van der Waals surface area (Å²) in [6.07, 6.45) is 9.01. The fourth-order valence-electron chi connectivity index (χ4n) is 1.61. The molecule has 2 aromatic rings. The zero-order valence-corrected chi connectivity index (χ0v) is 9.31. The Morgan fingerprint density at radius 2 is 2.29 bits per heavy atom. The summed E-state index contributed by atoms with van der Waals surface area (Å²) in [6, 6.07) is 4.38. The largest absolute Gasteiger partial charge is 0.264 e. The first-order valence-corrected chi connectivity index (χ1v) is 6.04. The van der Waals surface area contributed by atoms with Gasteiger partial charge in [0.05, 0.1) is 0 Å². The second-order valence-electron chi connectivity index (χ2n) is 3.58. The zero-order valence-electron chi connectivity index (χ0n) is 8.49. The van der Waals surface area contributed by atoms with Crippen molar-refractivity contribution in [3.05, 3.63) is 29.4 Å². The van der Waals surface area contributed by atoms with Crippen molar-refractivity contribution < 1.29 is 0 Å². The molecule has 0 amide bonds. The molecular weight excluding hydrogens is 190 g/mol. The number of thiophene rings is 1. The maximum absolute atomic E-state index is 4.13. The summed E-state index contributed by atoms with van der Waals surface area (Å²) in [5.74, 6) is 0. The normalized spacial score (nSPS) is 10.9. The molecule has 0 unspecified atom stereocenters. The van der Waals surface area contributed by atoms with E-state index in [1.165, 1.54) is 40.6 Å². The number of nitrogens with zero attached hydrogens (tertiary/aromatic N) is 1. The predicted molar refractivity (Wildman–Crippen MR) is 62.8 cm³/mol. The van der Waals surface area contributed by atoms with E-state index in [0.717, 1.165) is 0 Å². The molecule has 0 radical (unpaired) electrons. The molecule has 0 aliphatic rings. The highest BCUT2D eigenvalue weighted by Crippen LogP contribution is 2.25. The second-order valence-corrected chi connectivity index (χ2v) is 4.75. The summed E-state index contributed by atoms with van der Waals surface area (Å²) >= 11 is 1.91. The first kappa shape index (κ1) is 9.66. The number of hydrogen-bond acceptors (Lipinski definition) is 2. The molecule has 0 saturated carbocycles. The fourth-order valence-corrected chi connectivity index (χ4v) is 2.68. The molecule has 0 aromatic carbocycles. The summed E-state index contributed by atoms with van der Waals surface area (Å²) in [4.78, 5) is 5.63. The van der Waals surface area contributed by atoms with Crippen LogP contribution in [-0.2, 0) is 6.42 Å². The van der Waals surface area contributed by atoms with Crippen LogP contribution < -0.4 is 0 Å². The van der Waals surface area contributed by atoms with E-state index < -0.39 is 0 Å². The van der Waals surface area contributed by atoms with Gasteiger partial charge in [-0.05, 0) is 25.0 Å². The van der Waals surface area contributed by atoms with Gasteiger partial charge in [0.15, 0.2) is 0 Å². The van der Waals surface area contributed by atoms with Crippen LogP contribution >= 0.6 is 11.3 Å². The lowest BCUT2D eigenvalue weighted by Crippen LogP contribution is -1.78. The van der Waals surface area contributed by atoms with Crippen molar-refractivity contribution in [3.63, 3.8) is 0 Å². The highest BCUT2D eigenvalue weighted by atomic mass is 32.1. The molecule has 0 aliphatic carbocycles. The van der Waals surface area contributed by atoms with Gasteiger partial charge in [-0.2, -0.15) is 0 Å². The molecule has 2 heterocycles. The Kier molecular flexibility index (Phi) is 3.14. The molecule has 0 fully saturated rings. The molecule has 14 heavy (non-hydrogen) atoms. The van der Waals surface area contributed by atoms with Crippen LogP contribution in [0, 0.1) is 0 Å². The minimum Gasteiger partial charge on any atom is -0.264 e. The van der Waals surface area contributed by atoms with E-state index in [9.17, 15) is 0 Å². The summed E-state index contributed by atoms with van der Waals surface area (Å²) < 4.78 is 1.37. The number of pyridine rings is 1. The third-order valence-electron chi connectivity index (χ3n) is 2.39. The van der Waals surface area contributed by atoms with Crippen molar-refractivity contribution in [3.8, 4) is 0 Å². The first-order chi connectivity index (χ1) is 6.90. The Labute approximate surface area is 88.8 Å². The van der Waals surface area contributed by atoms with Crippen molar-refractivity contribution in [2.45, 2.75) is 32.6 Å². The standard InChI is InChI=1S/C12H15NS/c1-2-3-4-5-11-8-10-9-13-7-6-12(10)14-11/h6-9H,2-5H2,1H3. The summed E-state index contributed by atoms with van der Waals surface area (Å²) in [6.45, 7) is 2.24. The van der Waals surface area contributed by atoms with Gasteiger partial charge in [0.1, 0.15) is 0 Å². The molecule has 0 atom stereocenters. The molecule has 0 spiro atoms. The van der Waals surface area contributed by atoms with Crippen LogP contribution in [0.3, 0.4) is 0 Å². The number of aromatic nitrogens is 1. The van der Waals surface area contributed by atoms with E-state index >= 15 is 0 Å². The van der Waals surface area contributed by atoms with Crippen LogP contribution in [0.4, 0.5) is 0 Å². The van der Waals surface area contributed by atoms with Crippen molar-refractivity contribution >= 4 is 21.4 Å². The van der Waals surface area contributed by atoms with Crippen LogP contribution in [0.5, 0.6) is 0 Å². The SMILES string of the molecule is CCCCCc1cc2cnccc2s1. The van der Waals surface area contributed by atoms with Gasteiger partial charge < -0.3 is 0 Å². The molecule has 0 bridgehead atoms. The van der Waals surface area contributed by atoms with E-state index in [2.05, 4.69) is 24.0 Å². The third kappa shape index (κ3) is 2.13. The number of fused-ring (bicyclic) bond motifs is 1. The average molecular weight is 205 g/mol. The molecule has 2 rings (SSSR count). The zero-order chi connectivity index (χ0) is 9.80. The Hall–Kier alpha value is -0.890. The van der Waals surface area contributed by atoms with Gasteiger partial charge in [-0.25, -0.2) is 0 Å². The average Bonchev–Trinajstić information content (AvgIpc) is 2.60. The topological polar surface area (TPSA) is 12.9 Å². The van der Waals surface area contributed by atoms with Crippen molar-refractivity contribution in [2.75, 3.05) is 0 Å². The van der Waals surface area contributed by atoms with Crippen LogP contribution in [0.15, 0.2) is 24.5 Å². The molecule has 2 aromatic heterocycles. The Morgan fingerprint density at radius 1 is 1.36 bits per heavy atom. The third-order valence-corrected chi connectivity index (χ3v) is 3.57. The molecule has 2 heteroatoms. The molecular formula is C12H15NS. The predicted octanol–water partition coefficient (Wildman–Crippen LogP) is 4.03. The number of hydrogen-bond donors (Lipinski definition) is 0. The van der Waals surface area contributed by atoms with Crippen LogP contribution in [-0.4, -0.2) is 4.98 Å². The van der Waals surface area contributed by atoms with E-state index in [4.69, 9.17) is 0 Å². The fraction of sp³-hybridized carbons (Fsp3) is 0.417. The lowest BCUT2D eigenvalue weighted by molar-refractivity contribution is 0.723. The van der Waals surface area contributed by atoms with Gasteiger partial charge in [0.2, 0.25) is 0 Å². The van der Waals surface area contributed by atoms with Crippen LogP contribution in [0.25, 0.3) is 10.1 Å². The molecule has 74 valence electrons. The smallest absolute Gasteiger partial charge is 0.0376 e. The van der Waals surface area contributed by atoms with Crippen LogP contribution in [0.2, 0.25) is 0 Å². The summed E-state index contributed by atoms with van der Waals surface area (Å²) in [7, 11) is 0.